The molecule has 0 spiro atoms. The summed E-state index contributed by atoms with van der Waals surface area (Å²) < 4.78 is 1.57. The van der Waals surface area contributed by atoms with Crippen LogP contribution < -0.4 is 11.1 Å². The van der Waals surface area contributed by atoms with Crippen LogP contribution >= 0.6 is 0 Å². The van der Waals surface area contributed by atoms with E-state index in [0.717, 1.165) is 0 Å². The van der Waals surface area contributed by atoms with Crippen LogP contribution in [0.1, 0.15) is 24.3 Å². The predicted octanol–water partition coefficient (Wildman–Crippen LogP) is 0.789. The smallest absolute Gasteiger partial charge is 0.272 e. The summed E-state index contributed by atoms with van der Waals surface area (Å²) in [4.78, 5) is 11.8. The van der Waals surface area contributed by atoms with Gasteiger partial charge in [-0.3, -0.25) is 9.48 Å². The zero-order valence-corrected chi connectivity index (χ0v) is 9.03. The molecular weight excluding hydrogens is 192 g/mol. The highest BCUT2D eigenvalue weighted by Crippen LogP contribution is 2.10. The molecule has 0 aliphatic heterocycles. The second kappa shape index (κ2) is 4.63. The summed E-state index contributed by atoms with van der Waals surface area (Å²) in [5.41, 5.74) is 6.47. The molecule has 1 atom stereocenters. The number of aryl methyl sites for hydroxylation is 1. The van der Waals surface area contributed by atoms with Crippen molar-refractivity contribution in [1.29, 1.82) is 0 Å². The van der Waals surface area contributed by atoms with Crippen molar-refractivity contribution in [2.75, 3.05) is 5.73 Å². The van der Waals surface area contributed by atoms with E-state index in [1.54, 1.807) is 10.8 Å². The van der Waals surface area contributed by atoms with Crippen LogP contribution in [-0.2, 0) is 6.54 Å². The topological polar surface area (TPSA) is 72.9 Å². The van der Waals surface area contributed by atoms with E-state index in [9.17, 15) is 4.79 Å². The van der Waals surface area contributed by atoms with E-state index in [-0.39, 0.29) is 11.9 Å². The van der Waals surface area contributed by atoms with Gasteiger partial charge in [0, 0.05) is 12.6 Å². The molecule has 0 saturated heterocycles. The van der Waals surface area contributed by atoms with Crippen molar-refractivity contribution in [1.82, 2.24) is 15.1 Å². The predicted molar refractivity (Wildman–Crippen MR) is 59.4 cm³/mol. The Morgan fingerprint density at radius 2 is 2.53 bits per heavy atom. The van der Waals surface area contributed by atoms with Gasteiger partial charge < -0.3 is 11.1 Å². The third kappa shape index (κ3) is 2.37. The first-order chi connectivity index (χ1) is 7.10. The van der Waals surface area contributed by atoms with Crippen molar-refractivity contribution < 1.29 is 4.79 Å². The van der Waals surface area contributed by atoms with Crippen LogP contribution in [0.5, 0.6) is 0 Å². The van der Waals surface area contributed by atoms with E-state index in [0.29, 0.717) is 17.9 Å². The minimum absolute atomic E-state index is 0.0860. The lowest BCUT2D eigenvalue weighted by molar-refractivity contribution is 0.0937. The summed E-state index contributed by atoms with van der Waals surface area (Å²) in [6.45, 7) is 7.95. The molecule has 1 rings (SSSR count). The van der Waals surface area contributed by atoms with Gasteiger partial charge in [-0.15, -0.1) is 6.58 Å². The average molecular weight is 208 g/mol. The largest absolute Gasteiger partial charge is 0.396 e. The minimum atomic E-state index is -0.223. The number of hydrogen-bond donors (Lipinski definition) is 2. The highest BCUT2D eigenvalue weighted by atomic mass is 16.2. The summed E-state index contributed by atoms with van der Waals surface area (Å²) in [5, 5.41) is 6.74. The third-order valence-electron chi connectivity index (χ3n) is 2.09. The minimum Gasteiger partial charge on any atom is -0.396 e. The molecule has 0 aliphatic rings. The Hall–Kier alpha value is -1.78. The van der Waals surface area contributed by atoms with E-state index < -0.39 is 0 Å². The van der Waals surface area contributed by atoms with E-state index in [1.807, 2.05) is 13.8 Å². The molecule has 0 aromatic carbocycles. The Morgan fingerprint density at radius 3 is 3.07 bits per heavy atom. The number of carbonyl (C=O) groups excluding carboxylic acids is 1. The van der Waals surface area contributed by atoms with Crippen LogP contribution in [0.25, 0.3) is 0 Å². The second-order valence-electron chi connectivity index (χ2n) is 3.26. The Bertz CT molecular complexity index is 369. The van der Waals surface area contributed by atoms with Gasteiger partial charge in [0.25, 0.3) is 5.91 Å². The number of aromatic nitrogens is 2. The van der Waals surface area contributed by atoms with Crippen LogP contribution in [0.4, 0.5) is 5.69 Å². The van der Waals surface area contributed by atoms with Gasteiger partial charge in [0.2, 0.25) is 0 Å². The Labute approximate surface area is 89.0 Å². The number of hydrogen-bond acceptors (Lipinski definition) is 3. The maximum atomic E-state index is 11.8. The molecule has 1 heterocycles. The SMILES string of the molecule is C=CC(C)NC(=O)c1c(N)cnn1CC. The average Bonchev–Trinajstić information content (AvgIpc) is 2.59. The number of anilines is 1. The molecule has 1 unspecified atom stereocenters. The van der Waals surface area contributed by atoms with Crippen molar-refractivity contribution in [2.45, 2.75) is 26.4 Å². The second-order valence-corrected chi connectivity index (χ2v) is 3.26. The van der Waals surface area contributed by atoms with Crippen LogP contribution in [0, 0.1) is 0 Å². The first-order valence-corrected chi connectivity index (χ1v) is 4.84. The lowest BCUT2D eigenvalue weighted by atomic mass is 10.3. The normalized spacial score (nSPS) is 12.1. The summed E-state index contributed by atoms with van der Waals surface area (Å²) in [6.07, 6.45) is 3.14. The fraction of sp³-hybridized carbons (Fsp3) is 0.400. The quantitative estimate of drug-likeness (QED) is 0.718. The fourth-order valence-corrected chi connectivity index (χ4v) is 1.22. The zero-order chi connectivity index (χ0) is 11.4. The van der Waals surface area contributed by atoms with Crippen molar-refractivity contribution in [3.8, 4) is 0 Å². The molecule has 1 amide bonds. The van der Waals surface area contributed by atoms with E-state index in [1.165, 1.54) is 6.20 Å². The van der Waals surface area contributed by atoms with E-state index in [2.05, 4.69) is 17.0 Å². The number of carbonyl (C=O) groups is 1. The lowest BCUT2D eigenvalue weighted by Gasteiger charge is -2.10. The summed E-state index contributed by atoms with van der Waals surface area (Å²) in [6, 6.07) is -0.0860. The Balaban J connectivity index is 2.89. The molecule has 0 saturated carbocycles. The highest BCUT2D eigenvalue weighted by molar-refractivity contribution is 5.97. The molecule has 5 heteroatoms. The van der Waals surface area contributed by atoms with Gasteiger partial charge in [-0.2, -0.15) is 5.10 Å². The molecule has 0 bridgehead atoms. The summed E-state index contributed by atoms with van der Waals surface area (Å²) in [7, 11) is 0. The number of rotatable bonds is 4. The van der Waals surface area contributed by atoms with E-state index in [4.69, 9.17) is 5.73 Å². The molecule has 15 heavy (non-hydrogen) atoms. The molecular formula is C10H16N4O. The Morgan fingerprint density at radius 1 is 1.87 bits per heavy atom. The van der Waals surface area contributed by atoms with Crippen LogP contribution in [0.15, 0.2) is 18.9 Å². The number of nitrogens with zero attached hydrogens (tertiary/aromatic N) is 2. The molecule has 1 aromatic heterocycles. The van der Waals surface area contributed by atoms with Gasteiger partial charge in [-0.25, -0.2) is 0 Å². The third-order valence-corrected chi connectivity index (χ3v) is 2.09. The maximum Gasteiger partial charge on any atom is 0.272 e. The Kier molecular flexibility index (Phi) is 3.49. The molecule has 0 aliphatic carbocycles. The van der Waals surface area contributed by atoms with Crippen LogP contribution in [-0.4, -0.2) is 21.7 Å². The monoisotopic (exact) mass is 208 g/mol. The van der Waals surface area contributed by atoms with Gasteiger partial charge in [-0.05, 0) is 13.8 Å². The number of amides is 1. The fourth-order valence-electron chi connectivity index (χ4n) is 1.22. The molecule has 82 valence electrons. The van der Waals surface area contributed by atoms with Crippen molar-refractivity contribution in [2.24, 2.45) is 0 Å². The first-order valence-electron chi connectivity index (χ1n) is 4.84. The lowest BCUT2D eigenvalue weighted by Crippen LogP contribution is -2.33. The van der Waals surface area contributed by atoms with Crippen molar-refractivity contribution >= 4 is 11.6 Å². The molecule has 1 aromatic rings. The van der Waals surface area contributed by atoms with Crippen LogP contribution in [0.3, 0.4) is 0 Å². The molecule has 0 fully saturated rings. The van der Waals surface area contributed by atoms with Gasteiger partial charge >= 0.3 is 0 Å². The zero-order valence-electron chi connectivity index (χ0n) is 9.03. The summed E-state index contributed by atoms with van der Waals surface area (Å²) >= 11 is 0. The summed E-state index contributed by atoms with van der Waals surface area (Å²) in [5.74, 6) is -0.223. The molecule has 5 nitrogen and oxygen atoms in total. The first kappa shape index (κ1) is 11.3. The number of nitrogens with two attached hydrogens (primary N) is 1. The molecule has 0 radical (unpaired) electrons. The van der Waals surface area contributed by atoms with Gasteiger partial charge in [0.15, 0.2) is 0 Å². The standard InChI is InChI=1S/C10H16N4O/c1-4-7(3)13-10(15)9-8(11)6-12-14(9)5-2/h4,6-7H,1,5,11H2,2-3H3,(H,13,15). The van der Waals surface area contributed by atoms with Crippen LogP contribution in [0.2, 0.25) is 0 Å². The van der Waals surface area contributed by atoms with Crippen molar-refractivity contribution in [3.63, 3.8) is 0 Å². The van der Waals surface area contributed by atoms with Crippen molar-refractivity contribution in [3.05, 3.63) is 24.5 Å². The number of nitrogens with one attached hydrogen (secondary N) is 1. The van der Waals surface area contributed by atoms with Gasteiger partial charge in [-0.1, -0.05) is 6.08 Å². The van der Waals surface area contributed by atoms with Gasteiger partial charge in [0.05, 0.1) is 11.9 Å². The number of nitrogen functional groups attached to an aromatic ring is 1. The van der Waals surface area contributed by atoms with Gasteiger partial charge in [0.1, 0.15) is 5.69 Å². The maximum absolute atomic E-state index is 11.8. The highest BCUT2D eigenvalue weighted by Gasteiger charge is 2.16. The van der Waals surface area contributed by atoms with E-state index >= 15 is 0 Å². The molecule has 3 N–H and O–H groups in total.